The Hall–Kier alpha value is 1.42. The maximum absolute atomic E-state index is 11.3. The van der Waals surface area contributed by atoms with E-state index in [4.69, 9.17) is 5.73 Å². The standard InChI is InChI=1S/C8H18.C7H13BrN2O2.2Na.2H/c1-3-5-7-8-6-4-2;1-3-7(8,4-2)5(11)10-6(9)12;;;;/h3-8H2,1-2H3;3-4H2,1-2H3,(H3,9,10,11,12);;;;. The van der Waals surface area contributed by atoms with Gasteiger partial charge in [0.05, 0.1) is 0 Å². The fraction of sp³-hybridized carbons (Fsp3) is 0.867. The fourth-order valence-electron chi connectivity index (χ4n) is 1.65. The van der Waals surface area contributed by atoms with Gasteiger partial charge in [0.2, 0.25) is 5.91 Å². The molecule has 3 N–H and O–H groups in total. The van der Waals surface area contributed by atoms with Gasteiger partial charge in [-0.2, -0.15) is 0 Å². The summed E-state index contributed by atoms with van der Waals surface area (Å²) in [7, 11) is 0. The van der Waals surface area contributed by atoms with Crippen LogP contribution < -0.4 is 11.1 Å². The molecule has 0 saturated heterocycles. The number of carbonyl (C=O) groups is 2. The minimum absolute atomic E-state index is 0. The summed E-state index contributed by atoms with van der Waals surface area (Å²) in [6, 6.07) is -0.814. The Morgan fingerprint density at radius 2 is 1.27 bits per heavy atom. The average molecular weight is 399 g/mol. The molecule has 0 rings (SSSR count). The molecular weight excluding hydrogens is 366 g/mol. The van der Waals surface area contributed by atoms with Gasteiger partial charge in [0.25, 0.3) is 0 Å². The molecule has 0 aromatic rings. The predicted molar refractivity (Wildman–Crippen MR) is 103 cm³/mol. The van der Waals surface area contributed by atoms with Crippen molar-refractivity contribution in [2.45, 2.75) is 83.4 Å². The molecule has 0 unspecified atom stereocenters. The molecule has 3 amide bonds. The van der Waals surface area contributed by atoms with Gasteiger partial charge in [0, 0.05) is 0 Å². The van der Waals surface area contributed by atoms with Gasteiger partial charge in [-0.05, 0) is 12.8 Å². The SMILES string of the molecule is CCC(Br)(CC)C(=O)NC(N)=O.CCCCCCCC.[NaH].[NaH]. The first-order chi connectivity index (χ1) is 9.37. The normalized spacial score (nSPS) is 9.50. The predicted octanol–water partition coefficient (Wildman–Crippen LogP) is 3.20. The first-order valence-electron chi connectivity index (χ1n) is 7.67. The van der Waals surface area contributed by atoms with Crippen LogP contribution in [0.5, 0.6) is 0 Å². The Labute approximate surface area is 189 Å². The third-order valence-electron chi connectivity index (χ3n) is 3.22. The van der Waals surface area contributed by atoms with Gasteiger partial charge in [0.15, 0.2) is 0 Å². The number of hydrogen-bond donors (Lipinski definition) is 2. The molecule has 0 heterocycles. The number of halogens is 1. The first-order valence-corrected chi connectivity index (χ1v) is 8.46. The number of primary amides is 1. The summed E-state index contributed by atoms with van der Waals surface area (Å²) < 4.78 is -0.665. The van der Waals surface area contributed by atoms with Crippen LogP contribution in [-0.2, 0) is 4.79 Å². The van der Waals surface area contributed by atoms with Crippen LogP contribution in [0.15, 0.2) is 0 Å². The summed E-state index contributed by atoms with van der Waals surface area (Å²) in [5.74, 6) is -0.375. The zero-order chi connectivity index (χ0) is 16.0. The van der Waals surface area contributed by atoms with Gasteiger partial charge in [-0.25, -0.2) is 4.79 Å². The van der Waals surface area contributed by atoms with Crippen molar-refractivity contribution >= 4 is 87.0 Å². The van der Waals surface area contributed by atoms with Crippen molar-refractivity contribution in [3.05, 3.63) is 0 Å². The van der Waals surface area contributed by atoms with Crippen LogP contribution >= 0.6 is 15.9 Å². The topological polar surface area (TPSA) is 72.2 Å². The molecule has 0 aromatic carbocycles. The van der Waals surface area contributed by atoms with E-state index in [1.165, 1.54) is 38.5 Å². The van der Waals surface area contributed by atoms with E-state index in [0.717, 1.165) is 0 Å². The quantitative estimate of drug-likeness (QED) is 0.374. The number of imide groups is 1. The van der Waals surface area contributed by atoms with Crippen LogP contribution in [0.3, 0.4) is 0 Å². The number of rotatable bonds is 8. The van der Waals surface area contributed by atoms with Gasteiger partial charge in [-0.3, -0.25) is 10.1 Å². The molecule has 0 aromatic heterocycles. The average Bonchev–Trinajstić information content (AvgIpc) is 2.42. The number of nitrogens with one attached hydrogen (secondary N) is 1. The second-order valence-electron chi connectivity index (χ2n) is 4.91. The fourth-order valence-corrected chi connectivity index (χ4v) is 1.75. The molecule has 0 saturated carbocycles. The number of amides is 3. The molecule has 22 heavy (non-hydrogen) atoms. The van der Waals surface area contributed by atoms with Crippen LogP contribution in [0.4, 0.5) is 4.79 Å². The minimum atomic E-state index is -0.814. The number of unbranched alkanes of at least 4 members (excludes halogenated alkanes) is 5. The summed E-state index contributed by atoms with van der Waals surface area (Å²) in [5.41, 5.74) is 4.81. The number of hydrogen-bond acceptors (Lipinski definition) is 2. The summed E-state index contributed by atoms with van der Waals surface area (Å²) in [4.78, 5) is 21.6. The van der Waals surface area contributed by atoms with Crippen LogP contribution in [0.1, 0.15) is 79.1 Å². The van der Waals surface area contributed by atoms with Gasteiger partial charge < -0.3 is 5.73 Å². The molecule has 7 heteroatoms. The summed E-state index contributed by atoms with van der Waals surface area (Å²) >= 11 is 3.26. The van der Waals surface area contributed by atoms with Gasteiger partial charge >= 0.3 is 65.1 Å². The third-order valence-corrected chi connectivity index (χ3v) is 4.70. The van der Waals surface area contributed by atoms with Crippen LogP contribution in [0, 0.1) is 0 Å². The van der Waals surface area contributed by atoms with Gasteiger partial charge in [-0.15, -0.1) is 0 Å². The van der Waals surface area contributed by atoms with Crippen molar-refractivity contribution in [2.75, 3.05) is 0 Å². The molecule has 0 radical (unpaired) electrons. The van der Waals surface area contributed by atoms with E-state index in [0.29, 0.717) is 12.8 Å². The van der Waals surface area contributed by atoms with E-state index < -0.39 is 10.4 Å². The van der Waals surface area contributed by atoms with Crippen LogP contribution in [0.2, 0.25) is 0 Å². The molecule has 0 atom stereocenters. The Morgan fingerprint density at radius 1 is 0.909 bits per heavy atom. The van der Waals surface area contributed by atoms with Crippen molar-refractivity contribution in [2.24, 2.45) is 5.73 Å². The molecule has 0 aliphatic rings. The number of alkyl halides is 1. The van der Waals surface area contributed by atoms with Gasteiger partial charge in [-0.1, -0.05) is 82.1 Å². The molecule has 0 bridgehead atoms. The van der Waals surface area contributed by atoms with Crippen molar-refractivity contribution in [1.29, 1.82) is 0 Å². The van der Waals surface area contributed by atoms with Crippen molar-refractivity contribution in [3.63, 3.8) is 0 Å². The van der Waals surface area contributed by atoms with Crippen LogP contribution in [0.25, 0.3) is 0 Å². The van der Waals surface area contributed by atoms with E-state index >= 15 is 0 Å². The van der Waals surface area contributed by atoms with Crippen LogP contribution in [-0.4, -0.2) is 75.4 Å². The molecular formula is C15H33BrN2Na2O2. The van der Waals surface area contributed by atoms with Crippen molar-refractivity contribution in [1.82, 2.24) is 5.32 Å². The first kappa shape index (κ1) is 31.2. The third kappa shape index (κ3) is 17.8. The second-order valence-corrected chi connectivity index (χ2v) is 6.42. The number of carbonyl (C=O) groups excluding carboxylic acids is 2. The van der Waals surface area contributed by atoms with E-state index in [1.54, 1.807) is 0 Å². The molecule has 124 valence electrons. The Morgan fingerprint density at radius 3 is 1.50 bits per heavy atom. The number of nitrogens with two attached hydrogens (primary N) is 1. The summed E-state index contributed by atoms with van der Waals surface area (Å²) in [6.45, 7) is 8.23. The summed E-state index contributed by atoms with van der Waals surface area (Å²) in [5, 5.41) is 2.04. The number of urea groups is 1. The summed E-state index contributed by atoms with van der Waals surface area (Å²) in [6.07, 6.45) is 9.72. The zero-order valence-electron chi connectivity index (χ0n) is 13.4. The second kappa shape index (κ2) is 20.5. The molecule has 0 fully saturated rings. The monoisotopic (exact) mass is 398 g/mol. The Kier molecular flexibility index (Phi) is 29.0. The van der Waals surface area contributed by atoms with Crippen molar-refractivity contribution < 1.29 is 9.59 Å². The van der Waals surface area contributed by atoms with E-state index in [9.17, 15) is 9.59 Å². The van der Waals surface area contributed by atoms with E-state index in [1.807, 2.05) is 19.2 Å². The Bertz CT molecular complexity index is 270. The zero-order valence-corrected chi connectivity index (χ0v) is 15.0. The molecule has 0 aliphatic carbocycles. The molecule has 4 nitrogen and oxygen atoms in total. The van der Waals surface area contributed by atoms with E-state index in [2.05, 4.69) is 29.8 Å². The van der Waals surface area contributed by atoms with E-state index in [-0.39, 0.29) is 65.0 Å². The maximum atomic E-state index is 11.3. The molecule has 0 aliphatic heterocycles. The van der Waals surface area contributed by atoms with Gasteiger partial charge in [0.1, 0.15) is 4.32 Å². The Balaban J connectivity index is -0.000000144. The molecule has 0 spiro atoms. The van der Waals surface area contributed by atoms with Crippen molar-refractivity contribution in [3.8, 4) is 0 Å².